The van der Waals surface area contributed by atoms with Crippen molar-refractivity contribution in [3.63, 3.8) is 0 Å². The molecule has 2 aromatic carbocycles. The van der Waals surface area contributed by atoms with E-state index in [4.69, 9.17) is 16.3 Å². The molecule has 1 saturated heterocycles. The van der Waals surface area contributed by atoms with Crippen molar-refractivity contribution in [2.24, 2.45) is 0 Å². The van der Waals surface area contributed by atoms with Crippen molar-refractivity contribution >= 4 is 60.6 Å². The molecule has 0 unspecified atom stereocenters. The molecule has 0 atom stereocenters. The number of sulfonamides is 1. The molecule has 1 fully saturated rings. The number of ether oxygens (including phenoxy) is 1. The predicted molar refractivity (Wildman–Crippen MR) is 149 cm³/mol. The summed E-state index contributed by atoms with van der Waals surface area (Å²) in [4.78, 5) is 39.5. The van der Waals surface area contributed by atoms with Crippen LogP contribution in [0.5, 0.6) is 0 Å². The maximum Gasteiger partial charge on any atom is 0.359 e. The lowest BCUT2D eigenvalue weighted by atomic mass is 10.2. The maximum absolute atomic E-state index is 13.5. The summed E-state index contributed by atoms with van der Waals surface area (Å²) in [5, 5.41) is 9.43. The number of carbonyl (C=O) groups excluding carboxylic acids is 2. The first-order valence-electron chi connectivity index (χ1n) is 12.1. The second kappa shape index (κ2) is 10.9. The summed E-state index contributed by atoms with van der Waals surface area (Å²) in [7, 11) is -3.62. The molecule has 202 valence electrons. The molecule has 1 aliphatic rings. The number of halogens is 1. The van der Waals surface area contributed by atoms with Crippen LogP contribution in [0.3, 0.4) is 0 Å². The fourth-order valence-electron chi connectivity index (χ4n) is 4.31. The summed E-state index contributed by atoms with van der Waals surface area (Å²) < 4.78 is 33.2. The minimum Gasteiger partial charge on any atom is -0.461 e. The number of benzene rings is 2. The van der Waals surface area contributed by atoms with Crippen LogP contribution >= 0.6 is 22.9 Å². The molecular formula is C26H23ClN4O6S2. The van der Waals surface area contributed by atoms with Gasteiger partial charge in [0.2, 0.25) is 10.0 Å². The molecule has 1 amide bonds. The number of rotatable bonds is 7. The van der Waals surface area contributed by atoms with E-state index >= 15 is 0 Å². The molecule has 0 bridgehead atoms. The minimum absolute atomic E-state index is 0.0830. The largest absolute Gasteiger partial charge is 0.461 e. The second-order valence-electron chi connectivity index (χ2n) is 8.71. The van der Waals surface area contributed by atoms with Gasteiger partial charge in [0, 0.05) is 34.4 Å². The Hall–Kier alpha value is -3.58. The van der Waals surface area contributed by atoms with E-state index in [1.165, 1.54) is 34.6 Å². The highest BCUT2D eigenvalue weighted by Gasteiger charge is 2.27. The van der Waals surface area contributed by atoms with Crippen molar-refractivity contribution in [3.8, 4) is 5.69 Å². The summed E-state index contributed by atoms with van der Waals surface area (Å²) in [6.07, 6.45) is 1.64. The maximum atomic E-state index is 13.5. The van der Waals surface area contributed by atoms with Crippen LogP contribution in [0.2, 0.25) is 5.02 Å². The van der Waals surface area contributed by atoms with Gasteiger partial charge in [0.15, 0.2) is 5.69 Å². The quantitative estimate of drug-likeness (QED) is 0.320. The Kier molecular flexibility index (Phi) is 7.54. The molecule has 0 saturated carbocycles. The lowest BCUT2D eigenvalue weighted by Gasteiger charge is -2.15. The molecule has 0 aliphatic carbocycles. The first kappa shape index (κ1) is 27.0. The molecule has 4 aromatic rings. The van der Waals surface area contributed by atoms with Gasteiger partial charge < -0.3 is 10.1 Å². The molecule has 1 N–H and O–H groups in total. The number of amides is 1. The number of aromatic nitrogens is 2. The highest BCUT2D eigenvalue weighted by molar-refractivity contribution is 7.89. The number of nitrogens with zero attached hydrogens (tertiary/aromatic N) is 3. The van der Waals surface area contributed by atoms with Crippen LogP contribution in [-0.4, -0.2) is 54.1 Å². The zero-order valence-corrected chi connectivity index (χ0v) is 23.1. The second-order valence-corrected chi connectivity index (χ2v) is 12.0. The van der Waals surface area contributed by atoms with Crippen LogP contribution in [0, 0.1) is 0 Å². The van der Waals surface area contributed by atoms with Crippen LogP contribution in [0.15, 0.2) is 63.6 Å². The first-order chi connectivity index (χ1) is 18.7. The first-order valence-corrected chi connectivity index (χ1v) is 14.8. The van der Waals surface area contributed by atoms with E-state index < -0.39 is 27.5 Å². The van der Waals surface area contributed by atoms with E-state index in [1.54, 1.807) is 30.5 Å². The number of anilines is 1. The highest BCUT2D eigenvalue weighted by atomic mass is 35.5. The Morgan fingerprint density at radius 2 is 1.85 bits per heavy atom. The normalized spacial score (nSPS) is 14.0. The molecule has 1 aliphatic heterocycles. The number of thiophene rings is 1. The molecule has 3 heterocycles. The third-order valence-electron chi connectivity index (χ3n) is 6.22. The third kappa shape index (κ3) is 5.20. The van der Waals surface area contributed by atoms with Gasteiger partial charge in [-0.25, -0.2) is 13.2 Å². The van der Waals surface area contributed by atoms with Crippen LogP contribution < -0.4 is 10.9 Å². The van der Waals surface area contributed by atoms with E-state index in [-0.39, 0.29) is 38.5 Å². The molecule has 10 nitrogen and oxygen atoms in total. The predicted octanol–water partition coefficient (Wildman–Crippen LogP) is 4.31. The van der Waals surface area contributed by atoms with Gasteiger partial charge in [-0.05, 0) is 62.2 Å². The number of hydrogen-bond donors (Lipinski definition) is 1. The van der Waals surface area contributed by atoms with Crippen LogP contribution in [0.1, 0.15) is 40.6 Å². The molecule has 39 heavy (non-hydrogen) atoms. The van der Waals surface area contributed by atoms with Gasteiger partial charge in [0.1, 0.15) is 5.00 Å². The average molecular weight is 587 g/mol. The fraction of sp³-hybridized carbons (Fsp3) is 0.231. The lowest BCUT2D eigenvalue weighted by molar-refractivity contribution is 0.0520. The number of esters is 1. The van der Waals surface area contributed by atoms with Crippen molar-refractivity contribution in [2.45, 2.75) is 24.7 Å². The zero-order valence-electron chi connectivity index (χ0n) is 20.7. The Morgan fingerprint density at radius 1 is 1.13 bits per heavy atom. The molecule has 2 aromatic heterocycles. The number of carbonyl (C=O) groups is 2. The highest BCUT2D eigenvalue weighted by Crippen LogP contribution is 2.31. The summed E-state index contributed by atoms with van der Waals surface area (Å²) in [5.74, 6) is -1.27. The smallest absolute Gasteiger partial charge is 0.359 e. The van der Waals surface area contributed by atoms with Gasteiger partial charge in [-0.2, -0.15) is 14.1 Å². The van der Waals surface area contributed by atoms with Gasteiger partial charge in [-0.1, -0.05) is 17.7 Å². The summed E-state index contributed by atoms with van der Waals surface area (Å²) in [6.45, 7) is 2.72. The number of fused-ring (bicyclic) bond motifs is 1. The van der Waals surface area contributed by atoms with E-state index in [9.17, 15) is 22.8 Å². The zero-order chi connectivity index (χ0) is 27.7. The van der Waals surface area contributed by atoms with Crippen molar-refractivity contribution in [1.29, 1.82) is 0 Å². The molecular weight excluding hydrogens is 564 g/mol. The summed E-state index contributed by atoms with van der Waals surface area (Å²) >= 11 is 7.17. The van der Waals surface area contributed by atoms with Gasteiger partial charge in [-0.3, -0.25) is 9.59 Å². The Bertz CT molecular complexity index is 1740. The van der Waals surface area contributed by atoms with E-state index in [2.05, 4.69) is 10.4 Å². The molecule has 5 rings (SSSR count). The minimum atomic E-state index is -3.62. The fourth-order valence-corrected chi connectivity index (χ4v) is 6.94. The number of nitrogens with one attached hydrogen (secondary N) is 1. The van der Waals surface area contributed by atoms with Crippen LogP contribution in [0.25, 0.3) is 16.5 Å². The Balaban J connectivity index is 1.52. The topological polar surface area (TPSA) is 128 Å². The van der Waals surface area contributed by atoms with Crippen molar-refractivity contribution < 1.29 is 22.7 Å². The van der Waals surface area contributed by atoms with Gasteiger partial charge in [0.05, 0.1) is 22.6 Å². The molecule has 13 heteroatoms. The average Bonchev–Trinajstić information content (AvgIpc) is 3.61. The van der Waals surface area contributed by atoms with Gasteiger partial charge >= 0.3 is 5.97 Å². The third-order valence-corrected chi connectivity index (χ3v) is 9.26. The van der Waals surface area contributed by atoms with Crippen LogP contribution in [-0.2, 0) is 14.8 Å². The molecule has 0 radical (unpaired) electrons. The lowest BCUT2D eigenvalue weighted by Crippen LogP contribution is -2.27. The van der Waals surface area contributed by atoms with Crippen molar-refractivity contribution in [1.82, 2.24) is 14.1 Å². The van der Waals surface area contributed by atoms with E-state index in [0.29, 0.717) is 23.8 Å². The van der Waals surface area contributed by atoms with Gasteiger partial charge in [-0.15, -0.1) is 11.3 Å². The number of hydrogen-bond acceptors (Lipinski definition) is 8. The van der Waals surface area contributed by atoms with E-state index in [0.717, 1.165) is 28.9 Å². The van der Waals surface area contributed by atoms with Crippen LogP contribution in [0.4, 0.5) is 5.00 Å². The van der Waals surface area contributed by atoms with Gasteiger partial charge in [0.25, 0.3) is 11.5 Å². The Labute approximate surface area is 232 Å². The SMILES string of the molecule is CCOC(=O)c1nn(-c2cccc(Cl)c2)c(=O)c2c(NC(=O)c3ccc(S(=O)(=O)N4CCCC4)cc3)scc12. The van der Waals surface area contributed by atoms with Crippen molar-refractivity contribution in [2.75, 3.05) is 25.0 Å². The standard InChI is InChI=1S/C26H23ClN4O6S2/c1-2-37-26(34)22-20-15-38-24(21(20)25(33)31(29-22)18-7-5-6-17(27)14-18)28-23(32)16-8-10-19(11-9-16)39(35,36)30-12-3-4-13-30/h5-11,14-15H,2-4,12-13H2,1H3,(H,28,32). The monoisotopic (exact) mass is 586 g/mol. The van der Waals surface area contributed by atoms with E-state index in [1.807, 2.05) is 0 Å². The molecule has 0 spiro atoms. The van der Waals surface area contributed by atoms with Crippen molar-refractivity contribution in [3.05, 3.63) is 80.5 Å². The summed E-state index contributed by atoms with van der Waals surface area (Å²) in [5.41, 5.74) is -0.117. The Morgan fingerprint density at radius 3 is 2.51 bits per heavy atom. The summed E-state index contributed by atoms with van der Waals surface area (Å²) in [6, 6.07) is 12.0.